The van der Waals surface area contributed by atoms with Crippen molar-refractivity contribution < 1.29 is 5.11 Å². The zero-order valence-electron chi connectivity index (χ0n) is 11.1. The molecule has 1 aliphatic rings. The molecular weight excluding hydrogens is 228 g/mol. The summed E-state index contributed by atoms with van der Waals surface area (Å²) in [5.74, 6) is 0. The fraction of sp³-hybridized carbons (Fsp3) is 0.538. The Balaban J connectivity index is 2.06. The molecule has 5 heteroatoms. The van der Waals surface area contributed by atoms with E-state index in [0.29, 0.717) is 0 Å². The minimum atomic E-state index is -0.0286. The number of hydrazine groups is 1. The van der Waals surface area contributed by atoms with Crippen LogP contribution < -0.4 is 5.53 Å². The molecule has 0 bridgehead atoms. The molecule has 5 nitrogen and oxygen atoms in total. The van der Waals surface area contributed by atoms with Gasteiger partial charge in [0.1, 0.15) is 6.17 Å². The van der Waals surface area contributed by atoms with Crippen LogP contribution in [0, 0.1) is 0 Å². The van der Waals surface area contributed by atoms with Gasteiger partial charge >= 0.3 is 0 Å². The maximum Gasteiger partial charge on any atom is 0.148 e. The molecule has 0 spiro atoms. The molecule has 0 saturated heterocycles. The van der Waals surface area contributed by atoms with Crippen LogP contribution in [0.25, 0.3) is 0 Å². The van der Waals surface area contributed by atoms with E-state index in [-0.39, 0.29) is 18.3 Å². The Hall–Kier alpha value is -1.46. The highest BCUT2D eigenvalue weighted by molar-refractivity contribution is 5.22. The summed E-state index contributed by atoms with van der Waals surface area (Å²) < 4.78 is 0. The van der Waals surface area contributed by atoms with Gasteiger partial charge in [-0.05, 0) is 31.9 Å². The van der Waals surface area contributed by atoms with Crippen LogP contribution in [0.5, 0.6) is 0 Å². The Morgan fingerprint density at radius 2 is 1.83 bits per heavy atom. The van der Waals surface area contributed by atoms with Crippen molar-refractivity contribution in [1.82, 2.24) is 10.5 Å². The van der Waals surface area contributed by atoms with Gasteiger partial charge in [-0.25, -0.2) is 5.53 Å². The second-order valence-corrected chi connectivity index (χ2v) is 5.52. The van der Waals surface area contributed by atoms with Gasteiger partial charge in [-0.2, -0.15) is 5.01 Å². The molecule has 1 heterocycles. The highest BCUT2D eigenvalue weighted by atomic mass is 16.3. The Kier molecular flexibility index (Phi) is 3.63. The third kappa shape index (κ3) is 2.86. The zero-order chi connectivity index (χ0) is 13.2. The average Bonchev–Trinajstić information content (AvgIpc) is 2.78. The first-order chi connectivity index (χ1) is 8.50. The molecule has 2 rings (SSSR count). The Morgan fingerprint density at radius 1 is 1.22 bits per heavy atom. The molecule has 0 aromatic heterocycles. The van der Waals surface area contributed by atoms with Crippen molar-refractivity contribution in [3.8, 4) is 0 Å². The van der Waals surface area contributed by atoms with E-state index in [2.05, 4.69) is 36.6 Å². The van der Waals surface area contributed by atoms with E-state index in [1.54, 1.807) is 0 Å². The average molecular weight is 248 g/mol. The summed E-state index contributed by atoms with van der Waals surface area (Å²) in [5.41, 5.74) is 5.03. The van der Waals surface area contributed by atoms with E-state index in [1.807, 2.05) is 29.3 Å². The molecule has 0 radical (unpaired) electrons. The van der Waals surface area contributed by atoms with Crippen LogP contribution in [-0.4, -0.2) is 21.8 Å². The molecule has 1 aliphatic heterocycles. The molecule has 98 valence electrons. The summed E-state index contributed by atoms with van der Waals surface area (Å²) >= 11 is 0. The number of hydrogen-bond acceptors (Lipinski definition) is 5. The number of nitrogens with zero attached hydrogens (tertiary/aromatic N) is 3. The SMILES string of the molecule is CC(C)(C)N1NN=NC1Cc1ccc(CO)cc1. The van der Waals surface area contributed by atoms with Crippen LogP contribution in [0.4, 0.5) is 0 Å². The normalized spacial score (nSPS) is 20.1. The second-order valence-electron chi connectivity index (χ2n) is 5.52. The number of benzene rings is 1. The fourth-order valence-corrected chi connectivity index (χ4v) is 1.98. The van der Waals surface area contributed by atoms with Crippen molar-refractivity contribution in [3.05, 3.63) is 35.4 Å². The molecular formula is C13H20N4O. The van der Waals surface area contributed by atoms with Crippen LogP contribution in [-0.2, 0) is 13.0 Å². The predicted octanol–water partition coefficient (Wildman–Crippen LogP) is 2.03. The molecule has 18 heavy (non-hydrogen) atoms. The summed E-state index contributed by atoms with van der Waals surface area (Å²) in [4.78, 5) is 0. The highest BCUT2D eigenvalue weighted by Crippen LogP contribution is 2.22. The van der Waals surface area contributed by atoms with Crippen LogP contribution in [0.15, 0.2) is 34.6 Å². The lowest BCUT2D eigenvalue weighted by Crippen LogP contribution is -2.51. The van der Waals surface area contributed by atoms with Crippen molar-refractivity contribution in [2.24, 2.45) is 10.3 Å². The van der Waals surface area contributed by atoms with Crippen LogP contribution in [0.1, 0.15) is 31.9 Å². The molecule has 0 aliphatic carbocycles. The summed E-state index contributed by atoms with van der Waals surface area (Å²) in [6, 6.07) is 7.94. The van der Waals surface area contributed by atoms with E-state index in [4.69, 9.17) is 5.11 Å². The summed E-state index contributed by atoms with van der Waals surface area (Å²) in [6.07, 6.45) is 0.824. The van der Waals surface area contributed by atoms with Crippen LogP contribution >= 0.6 is 0 Å². The van der Waals surface area contributed by atoms with Crippen molar-refractivity contribution in [2.45, 2.75) is 45.5 Å². The standard InChI is InChI=1S/C13H20N4O/c1-13(2,3)17-12(14-15-16-17)8-10-4-6-11(9-18)7-5-10/h4-7,12,18H,8-9H2,1-3H3,(H,14,16). The van der Waals surface area contributed by atoms with Crippen molar-refractivity contribution in [1.29, 1.82) is 0 Å². The van der Waals surface area contributed by atoms with Gasteiger partial charge in [-0.3, -0.25) is 0 Å². The highest BCUT2D eigenvalue weighted by Gasteiger charge is 2.32. The topological polar surface area (TPSA) is 60.2 Å². The van der Waals surface area contributed by atoms with Crippen molar-refractivity contribution in [2.75, 3.05) is 0 Å². The predicted molar refractivity (Wildman–Crippen MR) is 69.4 cm³/mol. The molecule has 2 N–H and O–H groups in total. The zero-order valence-corrected chi connectivity index (χ0v) is 11.1. The van der Waals surface area contributed by atoms with Gasteiger partial charge < -0.3 is 5.11 Å². The molecule has 0 amide bonds. The number of aliphatic hydroxyl groups is 1. The Bertz CT molecular complexity index is 422. The molecule has 1 atom stereocenters. The summed E-state index contributed by atoms with van der Waals surface area (Å²) in [7, 11) is 0. The lowest BCUT2D eigenvalue weighted by atomic mass is 10.0. The first-order valence-corrected chi connectivity index (χ1v) is 6.14. The second kappa shape index (κ2) is 5.04. The first kappa shape index (κ1) is 13.0. The lowest BCUT2D eigenvalue weighted by Gasteiger charge is -2.33. The van der Waals surface area contributed by atoms with Gasteiger partial charge in [0.2, 0.25) is 0 Å². The number of aliphatic hydroxyl groups excluding tert-OH is 1. The monoisotopic (exact) mass is 248 g/mol. The van der Waals surface area contributed by atoms with E-state index in [1.165, 1.54) is 5.56 Å². The third-order valence-electron chi connectivity index (χ3n) is 2.99. The largest absolute Gasteiger partial charge is 0.392 e. The Labute approximate surface area is 107 Å². The lowest BCUT2D eigenvalue weighted by molar-refractivity contribution is 0.0579. The maximum absolute atomic E-state index is 9.01. The minimum absolute atomic E-state index is 0.0185. The maximum atomic E-state index is 9.01. The summed E-state index contributed by atoms with van der Waals surface area (Å²) in [5, 5.41) is 19.2. The molecule has 0 fully saturated rings. The minimum Gasteiger partial charge on any atom is -0.392 e. The smallest absolute Gasteiger partial charge is 0.148 e. The Morgan fingerprint density at radius 3 is 2.39 bits per heavy atom. The fourth-order valence-electron chi connectivity index (χ4n) is 1.98. The van der Waals surface area contributed by atoms with Crippen molar-refractivity contribution in [3.63, 3.8) is 0 Å². The van der Waals surface area contributed by atoms with Gasteiger partial charge in [0.15, 0.2) is 0 Å². The van der Waals surface area contributed by atoms with Gasteiger partial charge in [0.05, 0.1) is 6.61 Å². The van der Waals surface area contributed by atoms with Crippen LogP contribution in [0.3, 0.4) is 0 Å². The van der Waals surface area contributed by atoms with E-state index in [9.17, 15) is 0 Å². The van der Waals surface area contributed by atoms with Gasteiger partial charge in [-0.15, -0.1) is 5.11 Å². The van der Waals surface area contributed by atoms with E-state index in [0.717, 1.165) is 12.0 Å². The quantitative estimate of drug-likeness (QED) is 0.860. The number of nitrogens with one attached hydrogen (secondary N) is 1. The van der Waals surface area contributed by atoms with E-state index < -0.39 is 0 Å². The summed E-state index contributed by atoms with van der Waals surface area (Å²) in [6.45, 7) is 6.45. The number of hydrogen-bond donors (Lipinski definition) is 2. The number of rotatable bonds is 3. The van der Waals surface area contributed by atoms with Crippen LogP contribution in [0.2, 0.25) is 0 Å². The van der Waals surface area contributed by atoms with Gasteiger partial charge in [0.25, 0.3) is 0 Å². The first-order valence-electron chi connectivity index (χ1n) is 6.14. The van der Waals surface area contributed by atoms with Crippen molar-refractivity contribution >= 4 is 0 Å². The third-order valence-corrected chi connectivity index (χ3v) is 2.99. The molecule has 1 aromatic rings. The molecule has 0 saturated carbocycles. The van der Waals surface area contributed by atoms with Gasteiger partial charge in [0, 0.05) is 12.0 Å². The molecule has 1 aromatic carbocycles. The van der Waals surface area contributed by atoms with E-state index >= 15 is 0 Å². The van der Waals surface area contributed by atoms with Gasteiger partial charge in [-0.1, -0.05) is 29.5 Å². The molecule has 1 unspecified atom stereocenters.